The summed E-state index contributed by atoms with van der Waals surface area (Å²) < 4.78 is 10.2. The van der Waals surface area contributed by atoms with E-state index in [1.54, 1.807) is 27.0 Å². The van der Waals surface area contributed by atoms with Crippen LogP contribution >= 0.6 is 11.8 Å². The zero-order chi connectivity index (χ0) is 17.5. The predicted molar refractivity (Wildman–Crippen MR) is 86.7 cm³/mol. The molecule has 0 aromatic heterocycles. The minimum Gasteiger partial charge on any atom is -0.444 e. The van der Waals surface area contributed by atoms with E-state index in [1.807, 2.05) is 13.8 Å². The third-order valence-corrected chi connectivity index (χ3v) is 3.22. The van der Waals surface area contributed by atoms with E-state index in [9.17, 15) is 14.4 Å². The molecule has 22 heavy (non-hydrogen) atoms. The van der Waals surface area contributed by atoms with Crippen LogP contribution < -0.4 is 5.32 Å². The second kappa shape index (κ2) is 9.02. The van der Waals surface area contributed by atoms with Crippen LogP contribution in [0, 0.1) is 5.92 Å². The van der Waals surface area contributed by atoms with Gasteiger partial charge in [-0.25, -0.2) is 4.79 Å². The van der Waals surface area contributed by atoms with E-state index in [-0.39, 0.29) is 11.7 Å². The van der Waals surface area contributed by atoms with Crippen LogP contribution in [0.3, 0.4) is 0 Å². The summed E-state index contributed by atoms with van der Waals surface area (Å²) in [7, 11) is 0. The van der Waals surface area contributed by atoms with Gasteiger partial charge in [-0.2, -0.15) is 0 Å². The molecule has 0 saturated heterocycles. The minimum absolute atomic E-state index is 0.184. The van der Waals surface area contributed by atoms with E-state index in [1.165, 1.54) is 6.92 Å². The molecule has 128 valence electrons. The maximum Gasteiger partial charge on any atom is 0.408 e. The molecule has 0 aliphatic heterocycles. The lowest BCUT2D eigenvalue weighted by Gasteiger charge is -2.25. The predicted octanol–water partition coefficient (Wildman–Crippen LogP) is 2.75. The maximum absolute atomic E-state index is 12.5. The number of esters is 1. The van der Waals surface area contributed by atoms with Gasteiger partial charge in [0.15, 0.2) is 0 Å². The number of amides is 1. The number of ketones is 1. The van der Waals surface area contributed by atoms with Gasteiger partial charge in [-0.15, -0.1) is 11.8 Å². The van der Waals surface area contributed by atoms with E-state index in [4.69, 9.17) is 9.47 Å². The molecule has 1 amide bonds. The van der Waals surface area contributed by atoms with Gasteiger partial charge in [-0.1, -0.05) is 13.8 Å². The molecular formula is C15H27NO5S. The number of hydrogen-bond donors (Lipinski definition) is 1. The van der Waals surface area contributed by atoms with E-state index in [2.05, 4.69) is 5.32 Å². The minimum atomic E-state index is -0.934. The van der Waals surface area contributed by atoms with Crippen molar-refractivity contribution in [3.8, 4) is 0 Å². The van der Waals surface area contributed by atoms with Crippen LogP contribution in [0.1, 0.15) is 48.0 Å². The lowest BCUT2D eigenvalue weighted by molar-refractivity contribution is -0.148. The van der Waals surface area contributed by atoms with Gasteiger partial charge in [0.2, 0.25) is 11.2 Å². The molecule has 0 aromatic carbocycles. The summed E-state index contributed by atoms with van der Waals surface area (Å²) in [6.45, 7) is 10.4. The van der Waals surface area contributed by atoms with Gasteiger partial charge in [0.1, 0.15) is 5.60 Å². The van der Waals surface area contributed by atoms with E-state index < -0.39 is 29.1 Å². The first kappa shape index (κ1) is 20.8. The zero-order valence-corrected chi connectivity index (χ0v) is 15.2. The van der Waals surface area contributed by atoms with Crippen molar-refractivity contribution in [1.82, 2.24) is 5.32 Å². The Kier molecular flexibility index (Phi) is 8.52. The normalized spacial score (nSPS) is 14.2. The van der Waals surface area contributed by atoms with E-state index in [0.29, 0.717) is 6.42 Å². The van der Waals surface area contributed by atoms with Crippen molar-refractivity contribution in [2.75, 3.05) is 6.26 Å². The molecule has 6 nitrogen and oxygen atoms in total. The highest BCUT2D eigenvalue weighted by atomic mass is 32.2. The molecule has 0 aliphatic rings. The van der Waals surface area contributed by atoms with Crippen molar-refractivity contribution >= 4 is 29.6 Å². The molecule has 0 fully saturated rings. The standard InChI is InChI=1S/C15H27NO5S/c1-9(2)8-11(16-14(19)21-15(4,5)6)12(18)13(22-7)20-10(3)17/h9,11,13H,8H2,1-7H3,(H,16,19). The van der Waals surface area contributed by atoms with Gasteiger partial charge in [-0.3, -0.25) is 9.59 Å². The molecule has 0 radical (unpaired) electrons. The van der Waals surface area contributed by atoms with Crippen LogP contribution in [0.2, 0.25) is 0 Å². The summed E-state index contributed by atoms with van der Waals surface area (Å²) in [5, 5.41) is 2.58. The fourth-order valence-corrected chi connectivity index (χ4v) is 2.33. The third-order valence-electron chi connectivity index (χ3n) is 2.46. The van der Waals surface area contributed by atoms with Gasteiger partial charge in [-0.05, 0) is 39.4 Å². The fraction of sp³-hybridized carbons (Fsp3) is 0.800. The Balaban J connectivity index is 4.98. The lowest BCUT2D eigenvalue weighted by atomic mass is 10.0. The number of carbonyl (C=O) groups is 3. The summed E-state index contributed by atoms with van der Waals surface area (Å²) in [4.78, 5) is 35.4. The molecular weight excluding hydrogens is 306 g/mol. The van der Waals surface area contributed by atoms with Crippen molar-refractivity contribution in [1.29, 1.82) is 0 Å². The van der Waals surface area contributed by atoms with Crippen molar-refractivity contribution in [2.45, 2.75) is 65.0 Å². The summed E-state index contributed by atoms with van der Waals surface area (Å²) in [5.41, 5.74) is -1.58. The van der Waals surface area contributed by atoms with E-state index in [0.717, 1.165) is 11.8 Å². The first-order valence-electron chi connectivity index (χ1n) is 7.19. The van der Waals surface area contributed by atoms with Crippen LogP contribution in [-0.4, -0.2) is 41.2 Å². The number of ether oxygens (including phenoxy) is 2. The second-order valence-electron chi connectivity index (χ2n) is 6.41. The van der Waals surface area contributed by atoms with Gasteiger partial charge >= 0.3 is 12.1 Å². The molecule has 2 atom stereocenters. The quantitative estimate of drug-likeness (QED) is 0.570. The lowest BCUT2D eigenvalue weighted by Crippen LogP contribution is -2.47. The van der Waals surface area contributed by atoms with Crippen LogP contribution in [0.25, 0.3) is 0 Å². The molecule has 0 rings (SSSR count). The Morgan fingerprint density at radius 2 is 1.73 bits per heavy atom. The van der Waals surface area contributed by atoms with E-state index >= 15 is 0 Å². The molecule has 0 bridgehead atoms. The van der Waals surface area contributed by atoms with Crippen molar-refractivity contribution in [3.05, 3.63) is 0 Å². The highest BCUT2D eigenvalue weighted by molar-refractivity contribution is 7.99. The number of hydrogen-bond acceptors (Lipinski definition) is 6. The number of thioether (sulfide) groups is 1. The molecule has 0 aromatic rings. The Morgan fingerprint density at radius 3 is 2.09 bits per heavy atom. The Morgan fingerprint density at radius 1 is 1.18 bits per heavy atom. The smallest absolute Gasteiger partial charge is 0.408 e. The number of rotatable bonds is 7. The number of carbonyl (C=O) groups excluding carboxylic acids is 3. The first-order valence-corrected chi connectivity index (χ1v) is 8.48. The van der Waals surface area contributed by atoms with Crippen LogP contribution in [-0.2, 0) is 19.1 Å². The monoisotopic (exact) mass is 333 g/mol. The Bertz CT molecular complexity index is 403. The number of Topliss-reactive ketones (excluding diaryl/α,β-unsaturated/α-hetero) is 1. The Hall–Kier alpha value is -1.24. The summed E-state index contributed by atoms with van der Waals surface area (Å²) >= 11 is 1.12. The zero-order valence-electron chi connectivity index (χ0n) is 14.4. The SMILES string of the molecule is CSC(OC(C)=O)C(=O)C(CC(C)C)NC(=O)OC(C)(C)C. The van der Waals surface area contributed by atoms with Gasteiger partial charge in [0.25, 0.3) is 0 Å². The topological polar surface area (TPSA) is 81.7 Å². The number of nitrogens with one attached hydrogen (secondary N) is 1. The van der Waals surface area contributed by atoms with Crippen molar-refractivity contribution in [3.63, 3.8) is 0 Å². The summed E-state index contributed by atoms with van der Waals surface area (Å²) in [6.07, 6.45) is 1.45. The third kappa shape index (κ3) is 8.92. The fourth-order valence-electron chi connectivity index (χ4n) is 1.70. The summed E-state index contributed by atoms with van der Waals surface area (Å²) in [6, 6.07) is -0.758. The molecule has 0 heterocycles. The molecule has 2 unspecified atom stereocenters. The second-order valence-corrected chi connectivity index (χ2v) is 7.31. The van der Waals surface area contributed by atoms with Crippen molar-refractivity contribution < 1.29 is 23.9 Å². The average molecular weight is 333 g/mol. The Labute approximate surface area is 136 Å². The van der Waals surface area contributed by atoms with Crippen LogP contribution in [0.5, 0.6) is 0 Å². The molecule has 7 heteroatoms. The maximum atomic E-state index is 12.5. The first-order chi connectivity index (χ1) is 9.96. The molecule has 0 saturated carbocycles. The highest BCUT2D eigenvalue weighted by Crippen LogP contribution is 2.17. The number of alkyl carbamates (subject to hydrolysis) is 1. The summed E-state index contributed by atoms with van der Waals surface area (Å²) in [5.74, 6) is -0.695. The highest BCUT2D eigenvalue weighted by Gasteiger charge is 2.31. The van der Waals surface area contributed by atoms with Crippen molar-refractivity contribution in [2.24, 2.45) is 5.92 Å². The molecule has 1 N–H and O–H groups in total. The van der Waals surface area contributed by atoms with Crippen LogP contribution in [0.15, 0.2) is 0 Å². The van der Waals surface area contributed by atoms with Gasteiger partial charge in [0.05, 0.1) is 6.04 Å². The molecule has 0 spiro atoms. The van der Waals surface area contributed by atoms with Gasteiger partial charge in [0, 0.05) is 6.92 Å². The molecule has 0 aliphatic carbocycles. The largest absolute Gasteiger partial charge is 0.444 e. The van der Waals surface area contributed by atoms with Gasteiger partial charge < -0.3 is 14.8 Å². The average Bonchev–Trinajstić information content (AvgIpc) is 2.31. The van der Waals surface area contributed by atoms with Crippen LogP contribution in [0.4, 0.5) is 4.79 Å².